The number of carbonyl (C=O) groups is 1. The molecule has 0 saturated heterocycles. The molecule has 0 saturated carbocycles. The van der Waals surface area contributed by atoms with E-state index in [1.165, 1.54) is 6.20 Å². The van der Waals surface area contributed by atoms with Crippen LogP contribution in [0.1, 0.15) is 12.2 Å². The number of amides is 1. The SMILES string of the molecule is Cc1nc(S(=O)(=O)NCCC(=O)Nc2ccccc2N)cn1C.Cl. The normalized spacial score (nSPS) is 10.9. The highest BCUT2D eigenvalue weighted by atomic mass is 35.5. The number of anilines is 2. The fourth-order valence-electron chi connectivity index (χ4n) is 1.85. The summed E-state index contributed by atoms with van der Waals surface area (Å²) in [5, 5.41) is 2.57. The number of halogens is 1. The molecule has 0 radical (unpaired) electrons. The molecule has 0 aliphatic rings. The van der Waals surface area contributed by atoms with Crippen LogP contribution in [0.5, 0.6) is 0 Å². The van der Waals surface area contributed by atoms with E-state index in [9.17, 15) is 13.2 Å². The van der Waals surface area contributed by atoms with Crippen LogP contribution in [0.3, 0.4) is 0 Å². The molecule has 1 aromatic heterocycles. The molecule has 132 valence electrons. The third kappa shape index (κ3) is 4.95. The zero-order chi connectivity index (χ0) is 17.0. The number of nitrogens with two attached hydrogens (primary N) is 1. The highest BCUT2D eigenvalue weighted by molar-refractivity contribution is 7.89. The highest BCUT2D eigenvalue weighted by Crippen LogP contribution is 2.16. The predicted octanol–water partition coefficient (Wildman–Crippen LogP) is 1.04. The minimum absolute atomic E-state index is 0. The van der Waals surface area contributed by atoms with Gasteiger partial charge in [-0.1, -0.05) is 12.1 Å². The maximum Gasteiger partial charge on any atom is 0.259 e. The van der Waals surface area contributed by atoms with Gasteiger partial charge in [-0.05, 0) is 19.1 Å². The number of hydrogen-bond donors (Lipinski definition) is 3. The van der Waals surface area contributed by atoms with Crippen molar-refractivity contribution in [3.63, 3.8) is 0 Å². The van der Waals surface area contributed by atoms with E-state index in [0.29, 0.717) is 17.2 Å². The zero-order valence-corrected chi connectivity index (χ0v) is 14.9. The first kappa shape index (κ1) is 19.9. The van der Waals surface area contributed by atoms with Crippen LogP contribution in [-0.4, -0.2) is 30.4 Å². The molecule has 4 N–H and O–H groups in total. The quantitative estimate of drug-likeness (QED) is 0.653. The number of aryl methyl sites for hydroxylation is 2. The first-order valence-corrected chi connectivity index (χ1v) is 8.42. The van der Waals surface area contributed by atoms with E-state index in [2.05, 4.69) is 15.0 Å². The number of sulfonamides is 1. The summed E-state index contributed by atoms with van der Waals surface area (Å²) in [5.41, 5.74) is 6.67. The van der Waals surface area contributed by atoms with Crippen molar-refractivity contribution >= 4 is 39.7 Å². The molecule has 0 aliphatic heterocycles. The summed E-state index contributed by atoms with van der Waals surface area (Å²) < 4.78 is 28.1. The van der Waals surface area contributed by atoms with Crippen molar-refractivity contribution in [1.29, 1.82) is 0 Å². The van der Waals surface area contributed by atoms with E-state index >= 15 is 0 Å². The molecule has 8 nitrogen and oxygen atoms in total. The number of benzene rings is 1. The van der Waals surface area contributed by atoms with Crippen molar-refractivity contribution in [3.8, 4) is 0 Å². The van der Waals surface area contributed by atoms with Crippen molar-refractivity contribution < 1.29 is 13.2 Å². The van der Waals surface area contributed by atoms with Gasteiger partial charge in [0.25, 0.3) is 10.0 Å². The van der Waals surface area contributed by atoms with Crippen LogP contribution in [0.15, 0.2) is 35.5 Å². The van der Waals surface area contributed by atoms with Gasteiger partial charge in [0, 0.05) is 26.2 Å². The van der Waals surface area contributed by atoms with Crippen LogP contribution in [0.25, 0.3) is 0 Å². The number of rotatable bonds is 6. The molecular weight excluding hydrogens is 354 g/mol. The van der Waals surface area contributed by atoms with E-state index in [0.717, 1.165) is 0 Å². The Balaban J connectivity index is 0.00000288. The maximum absolute atomic E-state index is 12.1. The van der Waals surface area contributed by atoms with Crippen molar-refractivity contribution in [2.45, 2.75) is 18.4 Å². The van der Waals surface area contributed by atoms with Crippen molar-refractivity contribution in [2.75, 3.05) is 17.6 Å². The van der Waals surface area contributed by atoms with Gasteiger partial charge in [-0.3, -0.25) is 4.79 Å². The van der Waals surface area contributed by atoms with Gasteiger partial charge >= 0.3 is 0 Å². The average molecular weight is 374 g/mol. The number of para-hydroxylation sites is 2. The number of aromatic nitrogens is 2. The fourth-order valence-corrected chi connectivity index (χ4v) is 2.92. The largest absolute Gasteiger partial charge is 0.397 e. The van der Waals surface area contributed by atoms with Crippen LogP contribution >= 0.6 is 12.4 Å². The third-order valence-electron chi connectivity index (χ3n) is 3.24. The molecule has 0 aliphatic carbocycles. The minimum atomic E-state index is -3.73. The Morgan fingerprint density at radius 1 is 1.33 bits per heavy atom. The Morgan fingerprint density at radius 3 is 2.58 bits per heavy atom. The zero-order valence-electron chi connectivity index (χ0n) is 13.3. The topological polar surface area (TPSA) is 119 Å². The Kier molecular flexibility index (Phi) is 6.76. The van der Waals surface area contributed by atoms with Crippen LogP contribution < -0.4 is 15.8 Å². The Morgan fingerprint density at radius 2 is 2.00 bits per heavy atom. The van der Waals surface area contributed by atoms with Crippen LogP contribution in [0.2, 0.25) is 0 Å². The fraction of sp³-hybridized carbons (Fsp3) is 0.286. The first-order valence-electron chi connectivity index (χ1n) is 6.93. The van der Waals surface area contributed by atoms with Crippen molar-refractivity contribution in [2.24, 2.45) is 7.05 Å². The molecule has 2 aromatic rings. The summed E-state index contributed by atoms with van der Waals surface area (Å²) in [6, 6.07) is 6.85. The average Bonchev–Trinajstić information content (AvgIpc) is 2.82. The molecule has 2 rings (SSSR count). The molecule has 0 bridgehead atoms. The Labute approximate surface area is 146 Å². The summed E-state index contributed by atoms with van der Waals surface area (Å²) in [5.74, 6) is 0.255. The van der Waals surface area contributed by atoms with E-state index in [4.69, 9.17) is 5.73 Å². The van der Waals surface area contributed by atoms with E-state index in [1.807, 2.05) is 0 Å². The number of nitrogen functional groups attached to an aromatic ring is 1. The Hall–Kier alpha value is -2.10. The number of hydrogen-bond acceptors (Lipinski definition) is 5. The van der Waals surface area contributed by atoms with Gasteiger partial charge < -0.3 is 15.6 Å². The molecule has 24 heavy (non-hydrogen) atoms. The van der Waals surface area contributed by atoms with Gasteiger partial charge in [0.15, 0.2) is 5.03 Å². The lowest BCUT2D eigenvalue weighted by molar-refractivity contribution is -0.116. The lowest BCUT2D eigenvalue weighted by Crippen LogP contribution is -2.28. The van der Waals surface area contributed by atoms with E-state index in [1.54, 1.807) is 42.8 Å². The molecular formula is C14H20ClN5O3S. The second-order valence-electron chi connectivity index (χ2n) is 5.02. The number of nitrogens with one attached hydrogen (secondary N) is 2. The highest BCUT2D eigenvalue weighted by Gasteiger charge is 2.18. The van der Waals surface area contributed by atoms with Gasteiger partial charge in [-0.25, -0.2) is 18.1 Å². The summed E-state index contributed by atoms with van der Waals surface area (Å²) in [4.78, 5) is 15.8. The summed E-state index contributed by atoms with van der Waals surface area (Å²) in [7, 11) is -2.02. The molecule has 10 heteroatoms. The van der Waals surface area contributed by atoms with Gasteiger partial charge in [0.05, 0.1) is 11.4 Å². The summed E-state index contributed by atoms with van der Waals surface area (Å²) in [6.45, 7) is 1.67. The lowest BCUT2D eigenvalue weighted by atomic mass is 10.2. The number of imidazole rings is 1. The third-order valence-corrected chi connectivity index (χ3v) is 4.57. The van der Waals surface area contributed by atoms with Crippen LogP contribution in [0.4, 0.5) is 11.4 Å². The van der Waals surface area contributed by atoms with Crippen molar-refractivity contribution in [1.82, 2.24) is 14.3 Å². The minimum Gasteiger partial charge on any atom is -0.397 e. The predicted molar refractivity (Wildman–Crippen MR) is 94.5 cm³/mol. The molecule has 0 unspecified atom stereocenters. The Bertz CT molecular complexity index is 800. The maximum atomic E-state index is 12.1. The van der Waals surface area contributed by atoms with Gasteiger partial charge in [-0.15, -0.1) is 12.4 Å². The molecule has 1 heterocycles. The molecule has 0 atom stereocenters. The molecule has 1 aromatic carbocycles. The van der Waals surface area contributed by atoms with Crippen LogP contribution in [0, 0.1) is 6.92 Å². The molecule has 0 fully saturated rings. The number of nitrogens with zero attached hydrogens (tertiary/aromatic N) is 2. The smallest absolute Gasteiger partial charge is 0.259 e. The van der Waals surface area contributed by atoms with Gasteiger partial charge in [0.1, 0.15) is 5.82 Å². The van der Waals surface area contributed by atoms with E-state index < -0.39 is 10.0 Å². The first-order chi connectivity index (χ1) is 10.8. The van der Waals surface area contributed by atoms with Gasteiger partial charge in [0.2, 0.25) is 5.91 Å². The molecule has 1 amide bonds. The molecule has 0 spiro atoms. The lowest BCUT2D eigenvalue weighted by Gasteiger charge is -2.08. The van der Waals surface area contributed by atoms with Crippen molar-refractivity contribution in [3.05, 3.63) is 36.3 Å². The second-order valence-corrected chi connectivity index (χ2v) is 6.73. The standard InChI is InChI=1S/C14H19N5O3S.ClH/c1-10-17-14(9-19(10)2)23(21,22)16-8-7-13(20)18-12-6-4-3-5-11(12)15;/h3-6,9,16H,7-8,15H2,1-2H3,(H,18,20);1H. The van der Waals surface area contributed by atoms with E-state index in [-0.39, 0.29) is 36.3 Å². The summed E-state index contributed by atoms with van der Waals surface area (Å²) >= 11 is 0. The van der Waals surface area contributed by atoms with Gasteiger partial charge in [-0.2, -0.15) is 0 Å². The number of carbonyl (C=O) groups excluding carboxylic acids is 1. The second kappa shape index (κ2) is 8.13. The monoisotopic (exact) mass is 373 g/mol. The summed E-state index contributed by atoms with van der Waals surface area (Å²) in [6.07, 6.45) is 1.40. The van der Waals surface area contributed by atoms with Crippen LogP contribution in [-0.2, 0) is 21.9 Å².